The Kier molecular flexibility index (Phi) is 9.28. The van der Waals surface area contributed by atoms with Crippen LogP contribution in [-0.2, 0) is 22.4 Å². The topological polar surface area (TPSA) is 88.1 Å². The van der Waals surface area contributed by atoms with E-state index < -0.39 is 0 Å². The van der Waals surface area contributed by atoms with Crippen molar-refractivity contribution in [3.8, 4) is 16.9 Å². The van der Waals surface area contributed by atoms with E-state index >= 15 is 0 Å². The van der Waals surface area contributed by atoms with Crippen molar-refractivity contribution in [3.63, 3.8) is 0 Å². The van der Waals surface area contributed by atoms with Crippen LogP contribution in [0.3, 0.4) is 0 Å². The van der Waals surface area contributed by atoms with Crippen molar-refractivity contribution in [1.82, 2.24) is 15.4 Å². The summed E-state index contributed by atoms with van der Waals surface area (Å²) < 4.78 is 5.58. The number of phenolic OH excluding ortho intramolecular Hbond substituents is 1. The maximum absolute atomic E-state index is 12.4. The Bertz CT molecular complexity index is 1040. The lowest BCUT2D eigenvalue weighted by atomic mass is 9.93. The third-order valence-corrected chi connectivity index (χ3v) is 6.34. The number of esters is 1. The monoisotopic (exact) mass is 451 g/mol. The number of aryl methyl sites for hydroxylation is 2. The number of aromatic amines is 1. The molecule has 1 atom stereocenters. The number of aromatic hydroxyl groups is 1. The molecule has 178 valence electrons. The van der Waals surface area contributed by atoms with Gasteiger partial charge in [0, 0.05) is 17.5 Å². The number of phenols is 1. The Morgan fingerprint density at radius 2 is 1.91 bits per heavy atom. The number of fused-ring (bicyclic) bond motifs is 1. The summed E-state index contributed by atoms with van der Waals surface area (Å²) in [5.41, 5.74) is 5.04. The maximum atomic E-state index is 12.4. The number of unbranched alkanes of at least 4 members (excludes halogenated alkanes) is 2. The summed E-state index contributed by atoms with van der Waals surface area (Å²) in [7, 11) is 0. The third-order valence-electron chi connectivity index (χ3n) is 6.34. The first-order valence-electron chi connectivity index (χ1n) is 12.4. The standard InChI is InChI=1S/C27H37N3O3/c1-4-7-10-19(6-3)18-33-25(31)15-14-20-16-21(11-8-5-2)27(32)23(17-20)22-12-9-13-24-26(22)29-30-28-24/h9,12-13,16-17,19,32H,4-8,10-11,14-15,18H2,1-3H3,(H,28,29,30). The summed E-state index contributed by atoms with van der Waals surface area (Å²) in [6, 6.07) is 9.79. The van der Waals surface area contributed by atoms with Crippen LogP contribution in [0.5, 0.6) is 5.75 Å². The minimum absolute atomic E-state index is 0.159. The van der Waals surface area contributed by atoms with Crippen molar-refractivity contribution >= 4 is 17.0 Å². The van der Waals surface area contributed by atoms with E-state index in [4.69, 9.17) is 4.74 Å². The highest BCUT2D eigenvalue weighted by Gasteiger charge is 2.17. The molecular weight excluding hydrogens is 414 g/mol. The molecule has 0 fully saturated rings. The van der Waals surface area contributed by atoms with Crippen molar-refractivity contribution in [2.75, 3.05) is 6.61 Å². The number of aromatic nitrogens is 3. The molecule has 0 amide bonds. The van der Waals surface area contributed by atoms with Crippen molar-refractivity contribution in [2.45, 2.75) is 78.6 Å². The van der Waals surface area contributed by atoms with Crippen LogP contribution < -0.4 is 0 Å². The normalized spacial score (nSPS) is 12.2. The zero-order valence-corrected chi connectivity index (χ0v) is 20.2. The van der Waals surface area contributed by atoms with Gasteiger partial charge in [-0.05, 0) is 54.9 Å². The van der Waals surface area contributed by atoms with E-state index in [0.29, 0.717) is 25.4 Å². The number of carbonyl (C=O) groups excluding carboxylic acids is 1. The van der Waals surface area contributed by atoms with Crippen LogP contribution in [0.15, 0.2) is 30.3 Å². The first kappa shape index (κ1) is 24.7. The quantitative estimate of drug-likeness (QED) is 0.295. The van der Waals surface area contributed by atoms with Gasteiger partial charge in [-0.3, -0.25) is 9.89 Å². The molecule has 2 N–H and O–H groups in total. The number of hydrogen-bond donors (Lipinski definition) is 2. The molecule has 2 aromatic carbocycles. The second kappa shape index (κ2) is 12.4. The molecule has 1 heterocycles. The summed E-state index contributed by atoms with van der Waals surface area (Å²) in [6.07, 6.45) is 8.20. The maximum Gasteiger partial charge on any atom is 0.306 e. The predicted octanol–water partition coefficient (Wildman–Crippen LogP) is 6.37. The van der Waals surface area contributed by atoms with Crippen LogP contribution in [0, 0.1) is 5.92 Å². The fourth-order valence-electron chi connectivity index (χ4n) is 4.18. The average Bonchev–Trinajstić information content (AvgIpc) is 3.32. The van der Waals surface area contributed by atoms with Crippen LogP contribution in [0.2, 0.25) is 0 Å². The Balaban J connectivity index is 1.77. The van der Waals surface area contributed by atoms with Gasteiger partial charge in [-0.2, -0.15) is 0 Å². The fraction of sp³-hybridized carbons (Fsp3) is 0.519. The summed E-state index contributed by atoms with van der Waals surface area (Å²) in [5, 5.41) is 22.1. The number of H-pyrrole nitrogens is 1. The molecule has 0 radical (unpaired) electrons. The molecule has 1 unspecified atom stereocenters. The van der Waals surface area contributed by atoms with E-state index in [1.165, 1.54) is 6.42 Å². The molecule has 0 aliphatic carbocycles. The van der Waals surface area contributed by atoms with Crippen molar-refractivity contribution in [3.05, 3.63) is 41.5 Å². The molecule has 0 aliphatic rings. The van der Waals surface area contributed by atoms with Gasteiger partial charge in [0.1, 0.15) is 11.3 Å². The minimum atomic E-state index is -0.159. The van der Waals surface area contributed by atoms with Gasteiger partial charge in [0.25, 0.3) is 0 Å². The first-order chi connectivity index (χ1) is 16.1. The lowest BCUT2D eigenvalue weighted by Gasteiger charge is -2.15. The summed E-state index contributed by atoms with van der Waals surface area (Å²) in [6.45, 7) is 6.98. The van der Waals surface area contributed by atoms with Gasteiger partial charge < -0.3 is 9.84 Å². The van der Waals surface area contributed by atoms with Gasteiger partial charge in [-0.25, -0.2) is 0 Å². The van der Waals surface area contributed by atoms with Crippen LogP contribution in [0.1, 0.15) is 76.8 Å². The number of benzene rings is 2. The Morgan fingerprint density at radius 3 is 2.67 bits per heavy atom. The second-order valence-corrected chi connectivity index (χ2v) is 8.87. The number of nitrogens with zero attached hydrogens (tertiary/aromatic N) is 2. The molecule has 6 heteroatoms. The van der Waals surface area contributed by atoms with E-state index in [0.717, 1.165) is 71.8 Å². The largest absolute Gasteiger partial charge is 0.507 e. The molecule has 1 aromatic heterocycles. The van der Waals surface area contributed by atoms with Crippen molar-refractivity contribution in [1.29, 1.82) is 0 Å². The summed E-state index contributed by atoms with van der Waals surface area (Å²) >= 11 is 0. The van der Waals surface area contributed by atoms with Gasteiger partial charge in [-0.15, -0.1) is 5.10 Å². The predicted molar refractivity (Wildman–Crippen MR) is 132 cm³/mol. The second-order valence-electron chi connectivity index (χ2n) is 8.87. The minimum Gasteiger partial charge on any atom is -0.507 e. The molecule has 0 saturated heterocycles. The highest BCUT2D eigenvalue weighted by Crippen LogP contribution is 2.37. The van der Waals surface area contributed by atoms with Gasteiger partial charge in [0.2, 0.25) is 0 Å². The smallest absolute Gasteiger partial charge is 0.306 e. The van der Waals surface area contributed by atoms with Gasteiger partial charge >= 0.3 is 5.97 Å². The van der Waals surface area contributed by atoms with Crippen LogP contribution in [-0.4, -0.2) is 33.1 Å². The van der Waals surface area contributed by atoms with Crippen LogP contribution in [0.4, 0.5) is 0 Å². The van der Waals surface area contributed by atoms with E-state index in [2.05, 4.69) is 36.2 Å². The zero-order valence-electron chi connectivity index (χ0n) is 20.2. The zero-order chi connectivity index (χ0) is 23.6. The summed E-state index contributed by atoms with van der Waals surface area (Å²) in [4.78, 5) is 12.4. The van der Waals surface area contributed by atoms with Gasteiger partial charge in [0.15, 0.2) is 0 Å². The van der Waals surface area contributed by atoms with Gasteiger partial charge in [-0.1, -0.05) is 69.9 Å². The van der Waals surface area contributed by atoms with Crippen molar-refractivity contribution in [2.24, 2.45) is 5.92 Å². The number of nitrogens with one attached hydrogen (secondary N) is 1. The Morgan fingerprint density at radius 1 is 1.09 bits per heavy atom. The fourth-order valence-corrected chi connectivity index (χ4v) is 4.18. The molecule has 0 saturated carbocycles. The summed E-state index contributed by atoms with van der Waals surface area (Å²) in [5.74, 6) is 0.568. The SMILES string of the molecule is CCCCc1cc(CCC(=O)OCC(CC)CCCC)cc(-c2cccc3[nH]nnc23)c1O. The Hall–Kier alpha value is -2.89. The molecular formula is C27H37N3O3. The number of ether oxygens (including phenoxy) is 1. The van der Waals surface area contributed by atoms with E-state index in [-0.39, 0.29) is 11.7 Å². The highest BCUT2D eigenvalue weighted by molar-refractivity contribution is 5.93. The van der Waals surface area contributed by atoms with E-state index in [1.54, 1.807) is 0 Å². The number of hydrogen-bond acceptors (Lipinski definition) is 5. The number of carbonyl (C=O) groups is 1. The van der Waals surface area contributed by atoms with E-state index in [9.17, 15) is 9.90 Å². The molecule has 6 nitrogen and oxygen atoms in total. The molecule has 0 aliphatic heterocycles. The van der Waals surface area contributed by atoms with Crippen LogP contribution >= 0.6 is 0 Å². The molecule has 0 bridgehead atoms. The van der Waals surface area contributed by atoms with E-state index in [1.807, 2.05) is 30.3 Å². The average molecular weight is 452 g/mol. The molecule has 33 heavy (non-hydrogen) atoms. The van der Waals surface area contributed by atoms with Gasteiger partial charge in [0.05, 0.1) is 12.1 Å². The lowest BCUT2D eigenvalue weighted by molar-refractivity contribution is -0.145. The first-order valence-corrected chi connectivity index (χ1v) is 12.4. The highest BCUT2D eigenvalue weighted by atomic mass is 16.5. The lowest BCUT2D eigenvalue weighted by Crippen LogP contribution is -2.14. The third kappa shape index (κ3) is 6.56. The van der Waals surface area contributed by atoms with Crippen molar-refractivity contribution < 1.29 is 14.6 Å². The van der Waals surface area contributed by atoms with Crippen LogP contribution in [0.25, 0.3) is 22.2 Å². The molecule has 3 aromatic rings. The molecule has 3 rings (SSSR count). The number of rotatable bonds is 13. The molecule has 0 spiro atoms. The Labute approximate surface area is 196 Å².